The first-order chi connectivity index (χ1) is 24.5. The van der Waals surface area contributed by atoms with Gasteiger partial charge in [0.25, 0.3) is 0 Å². The van der Waals surface area contributed by atoms with E-state index in [1.807, 2.05) is 13.8 Å². The zero-order valence-corrected chi connectivity index (χ0v) is 31.9. The molecule has 0 bridgehead atoms. The zero-order chi connectivity index (χ0) is 38.9. The van der Waals surface area contributed by atoms with Gasteiger partial charge in [0, 0.05) is 17.3 Å². The van der Waals surface area contributed by atoms with Gasteiger partial charge >= 0.3 is 30.2 Å². The molecule has 10 atom stereocenters. The number of aliphatic carboxylic acids is 1. The van der Waals surface area contributed by atoms with Gasteiger partial charge in [-0.25, -0.2) is 14.4 Å². The molecular formula is C40H51F2NO10. The summed E-state index contributed by atoms with van der Waals surface area (Å²) in [4.78, 5) is 70.6. The van der Waals surface area contributed by atoms with Gasteiger partial charge in [-0.15, -0.1) is 0 Å². The van der Waals surface area contributed by atoms with Gasteiger partial charge < -0.3 is 23.4 Å². The second-order valence-corrected chi connectivity index (χ2v) is 18.6. The first kappa shape index (κ1) is 37.7. The molecule has 0 unspecified atom stereocenters. The molecule has 7 rings (SSSR count). The standard InChI is InChI=1S/C40H51F2NO10/c1-20(2)26-24(51-33(49)53-26)19-50-30(45)28-39(8)25(52-31(46)29(41)42)9-10-38(7)27-23(44)17-21-22-18-35(4,32(47)48)12-11-34(22,3)13-14-36(21,5)37(27,6)15-16-40(38,39)43-28/h17,20,22,25,27,29H,9-16,18-19H2,1-8H3,(H,47,48)/t22-,25-,27-,34+,35-,36+,37+,38+,39-,40-/m0/s1. The molecule has 290 valence electrons. The Hall–Kier alpha value is -3.64. The SMILES string of the molecule is CC(C)c1oc(=O)oc1COC(=O)C1=N[C@@]23CC[C@]4(C)[C@H](C(=O)C=C5[C@@H]6C[C@@](C)(C(=O)O)CC[C@]6(C)CC[C@]54C)[C@@]2(C)CC[C@H](OC(=O)C(F)F)[C@@]13C. The van der Waals surface area contributed by atoms with Gasteiger partial charge in [0.2, 0.25) is 0 Å². The number of hydrogen-bond donors (Lipinski definition) is 1. The lowest BCUT2D eigenvalue weighted by Gasteiger charge is -2.75. The largest absolute Gasteiger partial charge is 0.519 e. The van der Waals surface area contributed by atoms with Crippen molar-refractivity contribution in [3.05, 3.63) is 33.8 Å². The number of nitrogens with zero attached hydrogens (tertiary/aromatic N) is 1. The van der Waals surface area contributed by atoms with E-state index in [1.54, 1.807) is 26.8 Å². The molecule has 1 spiro atoms. The maximum absolute atomic E-state index is 14.9. The fourth-order valence-electron chi connectivity index (χ4n) is 12.5. The number of ether oxygens (including phenoxy) is 2. The quantitative estimate of drug-likeness (QED) is 0.283. The Balaban J connectivity index is 1.29. The topological polar surface area (TPSA) is 163 Å². The summed E-state index contributed by atoms with van der Waals surface area (Å²) in [5, 5.41) is 10.2. The van der Waals surface area contributed by atoms with Crippen LogP contribution in [0.1, 0.15) is 131 Å². The number of ketones is 1. The zero-order valence-electron chi connectivity index (χ0n) is 31.9. The molecule has 6 aliphatic rings. The van der Waals surface area contributed by atoms with E-state index in [-0.39, 0.29) is 46.7 Å². The fraction of sp³-hybridized carbons (Fsp3) is 0.750. The lowest BCUT2D eigenvalue weighted by atomic mass is 9.30. The molecular weight excluding hydrogens is 692 g/mol. The van der Waals surface area contributed by atoms with Crippen LogP contribution in [-0.2, 0) is 35.3 Å². The average Bonchev–Trinajstić information content (AvgIpc) is 3.46. The van der Waals surface area contributed by atoms with Crippen LogP contribution in [0.3, 0.4) is 0 Å². The van der Waals surface area contributed by atoms with Crippen molar-refractivity contribution in [1.29, 1.82) is 0 Å². The van der Waals surface area contributed by atoms with E-state index in [4.69, 9.17) is 23.3 Å². The molecule has 13 heteroatoms. The van der Waals surface area contributed by atoms with Crippen molar-refractivity contribution in [2.45, 2.75) is 144 Å². The van der Waals surface area contributed by atoms with Crippen LogP contribution in [0.25, 0.3) is 0 Å². The second kappa shape index (κ2) is 11.7. The summed E-state index contributed by atoms with van der Waals surface area (Å²) >= 11 is 0. The van der Waals surface area contributed by atoms with Gasteiger partial charge in [-0.1, -0.05) is 47.1 Å². The Labute approximate surface area is 307 Å². The minimum Gasteiger partial charge on any atom is -0.481 e. The van der Waals surface area contributed by atoms with Gasteiger partial charge in [-0.3, -0.25) is 14.6 Å². The van der Waals surface area contributed by atoms with Crippen molar-refractivity contribution >= 4 is 29.4 Å². The number of hydrogen-bond acceptors (Lipinski definition) is 10. The van der Waals surface area contributed by atoms with Crippen LogP contribution in [0.2, 0.25) is 0 Å². The van der Waals surface area contributed by atoms with E-state index < -0.39 is 81.4 Å². The number of carboxylic acids is 1. The van der Waals surface area contributed by atoms with Crippen LogP contribution in [-0.4, -0.2) is 52.6 Å². The molecule has 0 aromatic carbocycles. The summed E-state index contributed by atoms with van der Waals surface area (Å²) in [6.07, 6.45) is 2.15. The normalized spacial score (nSPS) is 42.9. The van der Waals surface area contributed by atoms with Crippen LogP contribution in [0.5, 0.6) is 0 Å². The molecule has 1 aliphatic heterocycles. The Morgan fingerprint density at radius 3 is 2.26 bits per heavy atom. The van der Waals surface area contributed by atoms with Crippen LogP contribution in [0.15, 0.2) is 30.3 Å². The third-order valence-corrected chi connectivity index (χ3v) is 15.9. The smallest absolute Gasteiger partial charge is 0.481 e. The van der Waals surface area contributed by atoms with E-state index >= 15 is 0 Å². The minimum absolute atomic E-state index is 0.0367. The lowest BCUT2D eigenvalue weighted by Crippen LogP contribution is -2.80. The van der Waals surface area contributed by atoms with Gasteiger partial charge in [-0.2, -0.15) is 8.78 Å². The van der Waals surface area contributed by atoms with Crippen molar-refractivity contribution in [1.82, 2.24) is 0 Å². The maximum Gasteiger partial charge on any atom is 0.519 e. The molecule has 4 saturated carbocycles. The van der Waals surface area contributed by atoms with Gasteiger partial charge in [0.1, 0.15) is 11.8 Å². The van der Waals surface area contributed by atoms with Crippen LogP contribution >= 0.6 is 0 Å². The molecule has 0 radical (unpaired) electrons. The van der Waals surface area contributed by atoms with Crippen LogP contribution in [0.4, 0.5) is 8.78 Å². The molecule has 11 nitrogen and oxygen atoms in total. The Bertz CT molecular complexity index is 1910. The number of carboxylic acid groups (broad SMARTS) is 1. The molecule has 1 N–H and O–H groups in total. The van der Waals surface area contributed by atoms with E-state index in [0.29, 0.717) is 32.1 Å². The second-order valence-electron chi connectivity index (χ2n) is 18.6. The van der Waals surface area contributed by atoms with Gasteiger partial charge in [-0.05, 0) is 99.9 Å². The number of halogens is 2. The van der Waals surface area contributed by atoms with Crippen molar-refractivity contribution in [3.8, 4) is 0 Å². The number of carbonyl (C=O) groups is 4. The number of rotatable bonds is 7. The molecule has 0 saturated heterocycles. The van der Waals surface area contributed by atoms with Crippen LogP contribution in [0, 0.1) is 44.3 Å². The minimum atomic E-state index is -3.38. The predicted molar refractivity (Wildman–Crippen MR) is 185 cm³/mol. The summed E-state index contributed by atoms with van der Waals surface area (Å²) in [6.45, 7) is 15.3. The highest BCUT2D eigenvalue weighted by atomic mass is 19.3. The number of esters is 2. The molecule has 53 heavy (non-hydrogen) atoms. The van der Waals surface area contributed by atoms with Gasteiger partial charge in [0.15, 0.2) is 23.9 Å². The molecule has 2 heterocycles. The molecule has 0 amide bonds. The van der Waals surface area contributed by atoms with E-state index in [0.717, 1.165) is 24.8 Å². The highest BCUT2D eigenvalue weighted by Gasteiger charge is 2.81. The monoisotopic (exact) mass is 743 g/mol. The fourth-order valence-corrected chi connectivity index (χ4v) is 12.5. The lowest BCUT2D eigenvalue weighted by molar-refractivity contribution is -0.221. The van der Waals surface area contributed by atoms with Gasteiger partial charge in [0.05, 0.1) is 16.4 Å². The van der Waals surface area contributed by atoms with Crippen molar-refractivity contribution in [3.63, 3.8) is 0 Å². The number of fused-ring (bicyclic) bond motifs is 6. The number of alkyl halides is 2. The van der Waals surface area contributed by atoms with Crippen LogP contribution < -0.4 is 5.82 Å². The summed E-state index contributed by atoms with van der Waals surface area (Å²) in [5.41, 5.74) is -4.47. The molecule has 1 aromatic heterocycles. The predicted octanol–water partition coefficient (Wildman–Crippen LogP) is 7.20. The Morgan fingerprint density at radius 1 is 0.943 bits per heavy atom. The van der Waals surface area contributed by atoms with Crippen molar-refractivity contribution < 1.29 is 51.4 Å². The first-order valence-corrected chi connectivity index (χ1v) is 18.9. The highest BCUT2D eigenvalue weighted by Crippen LogP contribution is 2.78. The number of allylic oxidation sites excluding steroid dienone is 2. The number of carbonyl (C=O) groups excluding carboxylic acids is 3. The van der Waals surface area contributed by atoms with Crippen molar-refractivity contribution in [2.75, 3.05) is 0 Å². The van der Waals surface area contributed by atoms with Crippen molar-refractivity contribution in [2.24, 2.45) is 49.3 Å². The Morgan fingerprint density at radius 2 is 1.62 bits per heavy atom. The van der Waals surface area contributed by atoms with E-state index in [1.165, 1.54) is 0 Å². The third kappa shape index (κ3) is 4.79. The Kier molecular flexibility index (Phi) is 8.30. The summed E-state index contributed by atoms with van der Waals surface area (Å²) < 4.78 is 48.7. The summed E-state index contributed by atoms with van der Waals surface area (Å²) in [6, 6.07) is 0. The van der Waals surface area contributed by atoms with E-state index in [2.05, 4.69) is 20.8 Å². The molecule has 1 aromatic rings. The summed E-state index contributed by atoms with van der Waals surface area (Å²) in [5.74, 6) is -5.03. The summed E-state index contributed by atoms with van der Waals surface area (Å²) in [7, 11) is 0. The number of aliphatic imine (C=N–C) groups is 1. The third-order valence-electron chi connectivity index (χ3n) is 15.9. The van der Waals surface area contributed by atoms with E-state index in [9.17, 15) is 37.9 Å². The first-order valence-electron chi connectivity index (χ1n) is 18.9. The molecule has 5 aliphatic carbocycles. The average molecular weight is 744 g/mol. The molecule has 4 fully saturated rings. The maximum atomic E-state index is 14.9. The highest BCUT2D eigenvalue weighted by molar-refractivity contribution is 6.41.